The highest BCUT2D eigenvalue weighted by molar-refractivity contribution is 9.10. The zero-order valence-electron chi connectivity index (χ0n) is 10.3. The van der Waals surface area contributed by atoms with E-state index in [4.69, 9.17) is 9.78 Å². The van der Waals surface area contributed by atoms with Crippen LogP contribution in [0.3, 0.4) is 0 Å². The molecule has 21 heavy (non-hydrogen) atoms. The molecule has 1 aromatic heterocycles. The molecule has 0 saturated heterocycles. The van der Waals surface area contributed by atoms with Crippen LogP contribution in [0.15, 0.2) is 27.2 Å². The Kier molecular flexibility index (Phi) is 4.90. The van der Waals surface area contributed by atoms with Gasteiger partial charge in [-0.25, -0.2) is 0 Å². The Bertz CT molecular complexity index is 681. The van der Waals surface area contributed by atoms with Gasteiger partial charge in [-0.05, 0) is 18.2 Å². The van der Waals surface area contributed by atoms with Crippen LogP contribution in [-0.2, 0) is 11.9 Å². The molecule has 110 valence electrons. The zero-order chi connectivity index (χ0) is 15.5. The van der Waals surface area contributed by atoms with E-state index in [1.54, 1.807) is 0 Å². The number of rotatable bonds is 4. The third-order valence-electron chi connectivity index (χ3n) is 2.39. The van der Waals surface area contributed by atoms with Gasteiger partial charge in [0.15, 0.2) is 0 Å². The van der Waals surface area contributed by atoms with Crippen LogP contribution in [0, 0.1) is 11.3 Å². The lowest BCUT2D eigenvalue weighted by Gasteiger charge is -2.10. The van der Waals surface area contributed by atoms with Gasteiger partial charge in [0.2, 0.25) is 11.7 Å². The average Bonchev–Trinajstić information content (AvgIpc) is 2.87. The van der Waals surface area contributed by atoms with E-state index in [-0.39, 0.29) is 28.8 Å². The molecular weight excluding hydrogens is 371 g/mol. The molecule has 0 fully saturated rings. The molecular formula is C12H7BrF3N3OS. The molecule has 0 amide bonds. The summed E-state index contributed by atoms with van der Waals surface area (Å²) in [5.74, 6) is 0.575. The number of benzene rings is 1. The molecule has 0 radical (unpaired) electrons. The normalized spacial score (nSPS) is 11.4. The van der Waals surface area contributed by atoms with Gasteiger partial charge in [-0.3, -0.25) is 0 Å². The van der Waals surface area contributed by atoms with Crippen molar-refractivity contribution in [1.82, 2.24) is 10.1 Å². The zero-order valence-corrected chi connectivity index (χ0v) is 12.7. The Morgan fingerprint density at radius 2 is 2.14 bits per heavy atom. The molecule has 4 nitrogen and oxygen atoms in total. The molecule has 0 aliphatic heterocycles. The highest BCUT2D eigenvalue weighted by Crippen LogP contribution is 2.37. The van der Waals surface area contributed by atoms with E-state index in [1.807, 2.05) is 6.07 Å². The van der Waals surface area contributed by atoms with Crippen molar-refractivity contribution in [3.8, 4) is 17.5 Å². The van der Waals surface area contributed by atoms with Crippen LogP contribution in [0.25, 0.3) is 11.4 Å². The van der Waals surface area contributed by atoms with Crippen molar-refractivity contribution in [3.63, 3.8) is 0 Å². The van der Waals surface area contributed by atoms with Crippen molar-refractivity contribution < 1.29 is 17.7 Å². The standard InChI is InChI=1S/C12H7BrF3N3OS/c13-7-1-2-8(9(5-7)12(14,15)16)11-18-10(20-19-11)6-21-4-3-17/h1-2,5H,4,6H2. The van der Waals surface area contributed by atoms with Crippen molar-refractivity contribution in [1.29, 1.82) is 5.26 Å². The minimum Gasteiger partial charge on any atom is -0.338 e. The second kappa shape index (κ2) is 6.49. The van der Waals surface area contributed by atoms with Gasteiger partial charge in [0.1, 0.15) is 0 Å². The van der Waals surface area contributed by atoms with Crippen molar-refractivity contribution in [2.45, 2.75) is 11.9 Å². The second-order valence-corrected chi connectivity index (χ2v) is 5.75. The Balaban J connectivity index is 2.32. The SMILES string of the molecule is N#CCSCc1nc(-c2ccc(Br)cc2C(F)(F)F)no1. The fourth-order valence-electron chi connectivity index (χ4n) is 1.55. The topological polar surface area (TPSA) is 62.7 Å². The Morgan fingerprint density at radius 3 is 2.81 bits per heavy atom. The molecule has 1 aromatic carbocycles. The van der Waals surface area contributed by atoms with E-state index in [0.717, 1.165) is 6.07 Å². The summed E-state index contributed by atoms with van der Waals surface area (Å²) in [6.07, 6.45) is -4.52. The van der Waals surface area contributed by atoms with Gasteiger partial charge >= 0.3 is 6.18 Å². The second-order valence-electron chi connectivity index (χ2n) is 3.85. The van der Waals surface area contributed by atoms with E-state index in [0.29, 0.717) is 4.47 Å². The Hall–Kier alpha value is -1.53. The summed E-state index contributed by atoms with van der Waals surface area (Å²) in [4.78, 5) is 3.93. The van der Waals surface area contributed by atoms with Crippen LogP contribution in [0.5, 0.6) is 0 Å². The summed E-state index contributed by atoms with van der Waals surface area (Å²) in [6.45, 7) is 0. The maximum atomic E-state index is 13.0. The third-order valence-corrected chi connectivity index (χ3v) is 3.67. The molecule has 0 atom stereocenters. The van der Waals surface area contributed by atoms with Crippen LogP contribution in [0.2, 0.25) is 0 Å². The molecule has 0 bridgehead atoms. The molecule has 0 N–H and O–H groups in total. The Morgan fingerprint density at radius 1 is 1.38 bits per heavy atom. The summed E-state index contributed by atoms with van der Waals surface area (Å²) in [5.41, 5.74) is -0.986. The van der Waals surface area contributed by atoms with Gasteiger partial charge in [-0.1, -0.05) is 21.1 Å². The van der Waals surface area contributed by atoms with E-state index >= 15 is 0 Å². The first-order chi connectivity index (χ1) is 9.91. The third kappa shape index (κ3) is 3.98. The van der Waals surface area contributed by atoms with E-state index in [1.165, 1.54) is 23.9 Å². The molecule has 0 unspecified atom stereocenters. The molecule has 9 heteroatoms. The fourth-order valence-corrected chi connectivity index (χ4v) is 2.40. The lowest BCUT2D eigenvalue weighted by atomic mass is 10.1. The van der Waals surface area contributed by atoms with Crippen LogP contribution in [0.4, 0.5) is 13.2 Å². The molecule has 0 aliphatic carbocycles. The number of aromatic nitrogens is 2. The van der Waals surface area contributed by atoms with Crippen molar-refractivity contribution in [3.05, 3.63) is 34.1 Å². The van der Waals surface area contributed by atoms with Gasteiger partial charge in [0.05, 0.1) is 23.1 Å². The fraction of sp³-hybridized carbons (Fsp3) is 0.250. The quantitative estimate of drug-likeness (QED) is 0.744. The Labute approximate surface area is 130 Å². The number of alkyl halides is 3. The van der Waals surface area contributed by atoms with Crippen LogP contribution in [0.1, 0.15) is 11.5 Å². The number of nitriles is 1. The number of halogens is 4. The number of hydrogen-bond donors (Lipinski definition) is 0. The number of hydrogen-bond acceptors (Lipinski definition) is 5. The predicted octanol–water partition coefficient (Wildman–Crippen LogP) is 4.27. The highest BCUT2D eigenvalue weighted by Gasteiger charge is 2.35. The molecule has 2 rings (SSSR count). The van der Waals surface area contributed by atoms with Gasteiger partial charge in [-0.15, -0.1) is 11.8 Å². The molecule has 2 aromatic rings. The molecule has 0 aliphatic rings. The largest absolute Gasteiger partial charge is 0.417 e. The van der Waals surface area contributed by atoms with Crippen LogP contribution < -0.4 is 0 Å². The van der Waals surface area contributed by atoms with Crippen LogP contribution in [-0.4, -0.2) is 15.9 Å². The van der Waals surface area contributed by atoms with E-state index in [9.17, 15) is 13.2 Å². The van der Waals surface area contributed by atoms with Crippen LogP contribution >= 0.6 is 27.7 Å². The first kappa shape index (κ1) is 15.9. The van der Waals surface area contributed by atoms with Crippen molar-refractivity contribution in [2.24, 2.45) is 0 Å². The lowest BCUT2D eigenvalue weighted by molar-refractivity contribution is -0.137. The van der Waals surface area contributed by atoms with Crippen molar-refractivity contribution in [2.75, 3.05) is 5.75 Å². The molecule has 0 spiro atoms. The summed E-state index contributed by atoms with van der Waals surface area (Å²) in [7, 11) is 0. The minimum absolute atomic E-state index is 0.123. The van der Waals surface area contributed by atoms with Gasteiger partial charge in [0, 0.05) is 10.0 Å². The monoisotopic (exact) mass is 377 g/mol. The number of nitrogens with zero attached hydrogens (tertiary/aromatic N) is 3. The van der Waals surface area contributed by atoms with Gasteiger partial charge in [0.25, 0.3) is 0 Å². The minimum atomic E-state index is -4.52. The highest BCUT2D eigenvalue weighted by atomic mass is 79.9. The maximum absolute atomic E-state index is 13.0. The lowest BCUT2D eigenvalue weighted by Crippen LogP contribution is -2.07. The summed E-state index contributed by atoms with van der Waals surface area (Å²) in [5, 5.41) is 12.0. The maximum Gasteiger partial charge on any atom is 0.417 e. The summed E-state index contributed by atoms with van der Waals surface area (Å²) >= 11 is 4.25. The van der Waals surface area contributed by atoms with Gasteiger partial charge in [-0.2, -0.15) is 23.4 Å². The first-order valence-corrected chi connectivity index (χ1v) is 7.51. The summed E-state index contributed by atoms with van der Waals surface area (Å²) in [6, 6.07) is 5.66. The van der Waals surface area contributed by atoms with E-state index in [2.05, 4.69) is 26.1 Å². The average molecular weight is 378 g/mol. The smallest absolute Gasteiger partial charge is 0.338 e. The van der Waals surface area contributed by atoms with Crippen molar-refractivity contribution >= 4 is 27.7 Å². The predicted molar refractivity (Wildman–Crippen MR) is 74.2 cm³/mol. The van der Waals surface area contributed by atoms with Gasteiger partial charge < -0.3 is 4.52 Å². The summed E-state index contributed by atoms with van der Waals surface area (Å²) < 4.78 is 44.3. The number of thioether (sulfide) groups is 1. The van der Waals surface area contributed by atoms with E-state index < -0.39 is 11.7 Å². The first-order valence-electron chi connectivity index (χ1n) is 5.56. The molecule has 0 saturated carbocycles. The molecule has 1 heterocycles.